The zero-order valence-electron chi connectivity index (χ0n) is 11.8. The van der Waals surface area contributed by atoms with Crippen molar-refractivity contribution >= 4 is 29.6 Å². The van der Waals surface area contributed by atoms with Gasteiger partial charge >= 0.3 is 11.9 Å². The average molecular weight is 317 g/mol. The Balaban J connectivity index is 1.98. The van der Waals surface area contributed by atoms with Gasteiger partial charge in [0.25, 0.3) is 0 Å². The van der Waals surface area contributed by atoms with Gasteiger partial charge in [0, 0.05) is 11.1 Å². The first kappa shape index (κ1) is 15.8. The van der Waals surface area contributed by atoms with E-state index in [4.69, 9.17) is 16.3 Å². The quantitative estimate of drug-likeness (QED) is 0.490. The number of benzene rings is 2. The standard InChI is InChI=1S/C17H13ClO4/c1-21-17(20)13-6-8-15(9-7-13)22-16(19)10-5-12-3-2-4-14(18)11-12/h2-11H,1H3/b10-5+. The van der Waals surface area contributed by atoms with Crippen molar-refractivity contribution in [1.29, 1.82) is 0 Å². The summed E-state index contributed by atoms with van der Waals surface area (Å²) in [6.07, 6.45) is 2.91. The highest BCUT2D eigenvalue weighted by Gasteiger charge is 2.06. The van der Waals surface area contributed by atoms with Crippen molar-refractivity contribution in [2.75, 3.05) is 7.11 Å². The highest BCUT2D eigenvalue weighted by Crippen LogP contribution is 2.14. The second kappa shape index (κ2) is 7.43. The highest BCUT2D eigenvalue weighted by molar-refractivity contribution is 6.30. The third-order valence-electron chi connectivity index (χ3n) is 2.75. The molecule has 0 saturated heterocycles. The molecule has 0 radical (unpaired) electrons. The molecular weight excluding hydrogens is 304 g/mol. The van der Waals surface area contributed by atoms with Crippen LogP contribution in [0.15, 0.2) is 54.6 Å². The minimum Gasteiger partial charge on any atom is -0.465 e. The summed E-state index contributed by atoms with van der Waals surface area (Å²) in [5.74, 6) is -0.627. The minimum absolute atomic E-state index is 0.341. The van der Waals surface area contributed by atoms with E-state index in [9.17, 15) is 9.59 Å². The van der Waals surface area contributed by atoms with Crippen LogP contribution in [-0.4, -0.2) is 19.0 Å². The Morgan fingerprint density at radius 1 is 1.09 bits per heavy atom. The van der Waals surface area contributed by atoms with Crippen LogP contribution in [0.4, 0.5) is 0 Å². The molecule has 0 amide bonds. The SMILES string of the molecule is COC(=O)c1ccc(OC(=O)/C=C/c2cccc(Cl)c2)cc1. The fourth-order valence-corrected chi connectivity index (χ4v) is 1.90. The number of ether oxygens (including phenoxy) is 2. The zero-order valence-corrected chi connectivity index (χ0v) is 12.5. The molecule has 0 aliphatic rings. The smallest absolute Gasteiger partial charge is 0.337 e. The van der Waals surface area contributed by atoms with Crippen LogP contribution in [0.2, 0.25) is 5.02 Å². The molecule has 2 aromatic rings. The minimum atomic E-state index is -0.522. The summed E-state index contributed by atoms with van der Waals surface area (Å²) in [5.41, 5.74) is 1.18. The summed E-state index contributed by atoms with van der Waals surface area (Å²) in [6.45, 7) is 0. The molecule has 2 aromatic carbocycles. The molecule has 0 aromatic heterocycles. The molecule has 0 aliphatic carbocycles. The van der Waals surface area contributed by atoms with Crippen molar-refractivity contribution in [2.24, 2.45) is 0 Å². The van der Waals surface area contributed by atoms with E-state index < -0.39 is 11.9 Å². The molecule has 22 heavy (non-hydrogen) atoms. The Kier molecular flexibility index (Phi) is 5.33. The zero-order chi connectivity index (χ0) is 15.9. The summed E-state index contributed by atoms with van der Waals surface area (Å²) in [4.78, 5) is 23.0. The summed E-state index contributed by atoms with van der Waals surface area (Å²) in [5, 5.41) is 0.592. The van der Waals surface area contributed by atoms with Gasteiger partial charge in [-0.2, -0.15) is 0 Å². The molecule has 112 valence electrons. The molecule has 0 saturated carbocycles. The van der Waals surface area contributed by atoms with E-state index in [1.54, 1.807) is 24.3 Å². The molecule has 4 nitrogen and oxygen atoms in total. The maximum atomic E-state index is 11.7. The maximum Gasteiger partial charge on any atom is 0.337 e. The molecule has 0 aliphatic heterocycles. The molecule has 5 heteroatoms. The summed E-state index contributed by atoms with van der Waals surface area (Å²) in [6, 6.07) is 13.2. The lowest BCUT2D eigenvalue weighted by atomic mass is 10.2. The molecule has 0 unspecified atom stereocenters. The van der Waals surface area contributed by atoms with Crippen molar-refractivity contribution in [1.82, 2.24) is 0 Å². The lowest BCUT2D eigenvalue weighted by Crippen LogP contribution is -2.05. The topological polar surface area (TPSA) is 52.6 Å². The third-order valence-corrected chi connectivity index (χ3v) is 2.99. The van der Waals surface area contributed by atoms with E-state index in [2.05, 4.69) is 4.74 Å². The van der Waals surface area contributed by atoms with Crippen molar-refractivity contribution < 1.29 is 19.1 Å². The Labute approximate surface area is 132 Å². The Hall–Kier alpha value is -2.59. The average Bonchev–Trinajstić information content (AvgIpc) is 2.53. The number of rotatable bonds is 4. The number of hydrogen-bond donors (Lipinski definition) is 0. The second-order valence-corrected chi connectivity index (χ2v) is 4.76. The summed E-state index contributed by atoms with van der Waals surface area (Å²) < 4.78 is 9.71. The van der Waals surface area contributed by atoms with Crippen LogP contribution in [-0.2, 0) is 9.53 Å². The first-order chi connectivity index (χ1) is 10.6. The normalized spacial score (nSPS) is 10.5. The van der Waals surface area contributed by atoms with Crippen LogP contribution in [0, 0.1) is 0 Å². The van der Waals surface area contributed by atoms with Gasteiger partial charge in [-0.15, -0.1) is 0 Å². The van der Waals surface area contributed by atoms with E-state index in [1.807, 2.05) is 6.07 Å². The predicted molar refractivity (Wildman–Crippen MR) is 83.9 cm³/mol. The van der Waals surface area contributed by atoms with Crippen LogP contribution in [0.5, 0.6) is 5.75 Å². The number of halogens is 1. The highest BCUT2D eigenvalue weighted by atomic mass is 35.5. The van der Waals surface area contributed by atoms with Crippen molar-refractivity contribution in [3.05, 3.63) is 70.8 Å². The second-order valence-electron chi connectivity index (χ2n) is 4.33. The third kappa shape index (κ3) is 4.46. The number of carbonyl (C=O) groups excluding carboxylic acids is 2. The van der Waals surface area contributed by atoms with Gasteiger partial charge in [-0.1, -0.05) is 23.7 Å². The fraction of sp³-hybridized carbons (Fsp3) is 0.0588. The fourth-order valence-electron chi connectivity index (χ4n) is 1.70. The Morgan fingerprint density at radius 3 is 2.45 bits per heavy atom. The van der Waals surface area contributed by atoms with Gasteiger partial charge in [0.2, 0.25) is 0 Å². The van der Waals surface area contributed by atoms with Gasteiger partial charge in [-0.05, 0) is 48.0 Å². The van der Waals surface area contributed by atoms with Gasteiger partial charge in [0.05, 0.1) is 12.7 Å². The largest absolute Gasteiger partial charge is 0.465 e. The number of esters is 2. The van der Waals surface area contributed by atoms with E-state index >= 15 is 0 Å². The van der Waals surface area contributed by atoms with Crippen molar-refractivity contribution in [3.63, 3.8) is 0 Å². The molecule has 0 atom stereocenters. The van der Waals surface area contributed by atoms with Gasteiger partial charge < -0.3 is 9.47 Å². The lowest BCUT2D eigenvalue weighted by Gasteiger charge is -2.03. The maximum absolute atomic E-state index is 11.7. The first-order valence-electron chi connectivity index (χ1n) is 6.42. The van der Waals surface area contributed by atoms with Crippen LogP contribution < -0.4 is 4.74 Å². The molecule has 0 heterocycles. The Morgan fingerprint density at radius 2 is 1.82 bits per heavy atom. The predicted octanol–water partition coefficient (Wildman–Crippen LogP) is 3.75. The van der Waals surface area contributed by atoms with Crippen LogP contribution >= 0.6 is 11.6 Å². The molecular formula is C17H13ClO4. The van der Waals surface area contributed by atoms with E-state index in [-0.39, 0.29) is 0 Å². The molecule has 0 bridgehead atoms. The monoisotopic (exact) mass is 316 g/mol. The summed E-state index contributed by atoms with van der Waals surface area (Å²) in [7, 11) is 1.30. The van der Waals surface area contributed by atoms with Crippen molar-refractivity contribution in [2.45, 2.75) is 0 Å². The van der Waals surface area contributed by atoms with E-state index in [0.717, 1.165) is 5.56 Å². The molecule has 2 rings (SSSR count). The van der Waals surface area contributed by atoms with Gasteiger partial charge in [-0.25, -0.2) is 9.59 Å². The number of hydrogen-bond acceptors (Lipinski definition) is 4. The number of carbonyl (C=O) groups is 2. The van der Waals surface area contributed by atoms with E-state index in [0.29, 0.717) is 16.3 Å². The first-order valence-corrected chi connectivity index (χ1v) is 6.80. The number of methoxy groups -OCH3 is 1. The molecule has 0 spiro atoms. The van der Waals surface area contributed by atoms with Crippen LogP contribution in [0.25, 0.3) is 6.08 Å². The summed E-state index contributed by atoms with van der Waals surface area (Å²) >= 11 is 5.85. The molecule has 0 N–H and O–H groups in total. The van der Waals surface area contributed by atoms with Gasteiger partial charge in [0.1, 0.15) is 5.75 Å². The van der Waals surface area contributed by atoms with Crippen LogP contribution in [0.1, 0.15) is 15.9 Å². The Bertz CT molecular complexity index is 705. The van der Waals surface area contributed by atoms with Gasteiger partial charge in [0.15, 0.2) is 0 Å². The molecule has 0 fully saturated rings. The lowest BCUT2D eigenvalue weighted by molar-refractivity contribution is -0.128. The van der Waals surface area contributed by atoms with E-state index in [1.165, 1.54) is 37.5 Å². The van der Waals surface area contributed by atoms with Gasteiger partial charge in [-0.3, -0.25) is 0 Å². The van der Waals surface area contributed by atoms with Crippen molar-refractivity contribution in [3.8, 4) is 5.75 Å². The van der Waals surface area contributed by atoms with Crippen LogP contribution in [0.3, 0.4) is 0 Å².